The van der Waals surface area contributed by atoms with Crippen LogP contribution in [0.2, 0.25) is 0 Å². The van der Waals surface area contributed by atoms with E-state index < -0.39 is 34.3 Å². The molecule has 1 aliphatic rings. The highest BCUT2D eigenvalue weighted by Crippen LogP contribution is 2.23. The highest BCUT2D eigenvalue weighted by atomic mass is 16.6. The number of benzene rings is 1. The van der Waals surface area contributed by atoms with Gasteiger partial charge < -0.3 is 20.1 Å². The Morgan fingerprint density at radius 2 is 2.15 bits per heavy atom. The second-order valence-corrected chi connectivity index (χ2v) is 6.30. The lowest BCUT2D eigenvalue weighted by atomic mass is 9.93. The SMILES string of the molecule is O=C(NC(C(=O)O)C1CCCOC1)c1cc(=O)[nH]c2ccc([N+](=O)[O-])cc12. The summed E-state index contributed by atoms with van der Waals surface area (Å²) in [5, 5.41) is 23.1. The zero-order valence-electron chi connectivity index (χ0n) is 14.1. The first-order chi connectivity index (χ1) is 12.9. The van der Waals surface area contributed by atoms with E-state index in [1.54, 1.807) is 0 Å². The van der Waals surface area contributed by atoms with E-state index in [1.807, 2.05) is 0 Å². The lowest BCUT2D eigenvalue weighted by Gasteiger charge is -2.28. The molecule has 2 unspecified atom stereocenters. The van der Waals surface area contributed by atoms with E-state index in [-0.39, 0.29) is 28.8 Å². The lowest BCUT2D eigenvalue weighted by molar-refractivity contribution is -0.384. The first kappa shape index (κ1) is 18.5. The number of aromatic nitrogens is 1. The number of carbonyl (C=O) groups excluding carboxylic acids is 1. The highest BCUT2D eigenvalue weighted by Gasteiger charge is 2.32. The average Bonchev–Trinajstić information content (AvgIpc) is 2.65. The monoisotopic (exact) mass is 375 g/mol. The Kier molecular flexibility index (Phi) is 5.17. The first-order valence-electron chi connectivity index (χ1n) is 8.29. The Morgan fingerprint density at radius 3 is 2.78 bits per heavy atom. The molecule has 10 heteroatoms. The molecule has 0 bridgehead atoms. The number of aromatic amines is 1. The molecule has 0 radical (unpaired) electrons. The molecule has 2 atom stereocenters. The minimum atomic E-state index is -1.21. The molecule has 3 rings (SSSR count). The molecule has 10 nitrogen and oxygen atoms in total. The normalized spacial score (nSPS) is 18.0. The molecule has 1 aromatic heterocycles. The molecule has 3 N–H and O–H groups in total. The molecule has 142 valence electrons. The maximum absolute atomic E-state index is 12.7. The predicted octanol–water partition coefficient (Wildman–Crippen LogP) is 1.05. The number of nitro groups is 1. The molecule has 27 heavy (non-hydrogen) atoms. The number of aliphatic carboxylic acids is 1. The number of nitrogens with zero attached hydrogens (tertiary/aromatic N) is 1. The van der Waals surface area contributed by atoms with Crippen LogP contribution in [-0.4, -0.2) is 46.1 Å². The molecule has 2 aromatic rings. The molecule has 2 heterocycles. The topological polar surface area (TPSA) is 152 Å². The predicted molar refractivity (Wildman–Crippen MR) is 93.7 cm³/mol. The van der Waals surface area contributed by atoms with Gasteiger partial charge in [0.05, 0.1) is 17.1 Å². The van der Waals surface area contributed by atoms with Crippen molar-refractivity contribution in [3.63, 3.8) is 0 Å². The number of carboxylic acids is 1. The molecule has 1 fully saturated rings. The minimum Gasteiger partial charge on any atom is -0.480 e. The van der Waals surface area contributed by atoms with E-state index >= 15 is 0 Å². The van der Waals surface area contributed by atoms with Gasteiger partial charge in [0.2, 0.25) is 5.56 Å². The van der Waals surface area contributed by atoms with Crippen LogP contribution in [-0.2, 0) is 9.53 Å². The molecular formula is C17H17N3O7. The summed E-state index contributed by atoms with van der Waals surface area (Å²) in [6, 6.07) is 3.51. The molecule has 0 aliphatic carbocycles. The highest BCUT2D eigenvalue weighted by molar-refractivity contribution is 6.07. The summed E-state index contributed by atoms with van der Waals surface area (Å²) in [5.74, 6) is -2.40. The number of rotatable bonds is 5. The van der Waals surface area contributed by atoms with Crippen molar-refractivity contribution in [2.75, 3.05) is 13.2 Å². The Hall–Kier alpha value is -3.27. The van der Waals surface area contributed by atoms with Gasteiger partial charge in [-0.2, -0.15) is 0 Å². The number of nitro benzene ring substituents is 1. The van der Waals surface area contributed by atoms with Crippen LogP contribution in [0.4, 0.5) is 5.69 Å². The van der Waals surface area contributed by atoms with Crippen molar-refractivity contribution < 1.29 is 24.4 Å². The van der Waals surface area contributed by atoms with Crippen LogP contribution in [0.25, 0.3) is 10.9 Å². The molecule has 1 saturated heterocycles. The van der Waals surface area contributed by atoms with Crippen LogP contribution in [0, 0.1) is 16.0 Å². The van der Waals surface area contributed by atoms with Crippen molar-refractivity contribution in [2.24, 2.45) is 5.92 Å². The van der Waals surface area contributed by atoms with Gasteiger partial charge in [0, 0.05) is 41.6 Å². The zero-order valence-corrected chi connectivity index (χ0v) is 14.1. The number of non-ortho nitro benzene ring substituents is 1. The van der Waals surface area contributed by atoms with Gasteiger partial charge in [-0.05, 0) is 18.9 Å². The number of fused-ring (bicyclic) bond motifs is 1. The molecule has 0 saturated carbocycles. The second kappa shape index (κ2) is 7.54. The summed E-state index contributed by atoms with van der Waals surface area (Å²) in [7, 11) is 0. The van der Waals surface area contributed by atoms with Crippen molar-refractivity contribution in [1.82, 2.24) is 10.3 Å². The Balaban J connectivity index is 1.98. The van der Waals surface area contributed by atoms with Gasteiger partial charge in [0.15, 0.2) is 0 Å². The van der Waals surface area contributed by atoms with E-state index in [4.69, 9.17) is 4.74 Å². The maximum Gasteiger partial charge on any atom is 0.326 e. The summed E-state index contributed by atoms with van der Waals surface area (Å²) >= 11 is 0. The molecule has 1 aromatic carbocycles. The fourth-order valence-corrected chi connectivity index (χ4v) is 3.17. The largest absolute Gasteiger partial charge is 0.480 e. The summed E-state index contributed by atoms with van der Waals surface area (Å²) in [6.07, 6.45) is 1.27. The fourth-order valence-electron chi connectivity index (χ4n) is 3.17. The fraction of sp³-hybridized carbons (Fsp3) is 0.353. The number of carboxylic acid groups (broad SMARTS) is 1. The number of ether oxygens (including phenoxy) is 1. The van der Waals surface area contributed by atoms with E-state index in [9.17, 15) is 29.6 Å². The summed E-state index contributed by atoms with van der Waals surface area (Å²) < 4.78 is 5.29. The van der Waals surface area contributed by atoms with Gasteiger partial charge in [-0.3, -0.25) is 19.7 Å². The van der Waals surface area contributed by atoms with Gasteiger partial charge in [-0.15, -0.1) is 0 Å². The van der Waals surface area contributed by atoms with E-state index in [0.29, 0.717) is 19.4 Å². The van der Waals surface area contributed by atoms with Crippen LogP contribution < -0.4 is 10.9 Å². The van der Waals surface area contributed by atoms with E-state index in [2.05, 4.69) is 10.3 Å². The molecule has 1 aliphatic heterocycles. The molecule has 1 amide bonds. The number of H-pyrrole nitrogens is 1. The zero-order chi connectivity index (χ0) is 19.6. The Labute approximate surface area is 152 Å². The van der Waals surface area contributed by atoms with Crippen LogP contribution in [0.1, 0.15) is 23.2 Å². The van der Waals surface area contributed by atoms with Crippen LogP contribution >= 0.6 is 0 Å². The van der Waals surface area contributed by atoms with Gasteiger partial charge in [0.1, 0.15) is 6.04 Å². The van der Waals surface area contributed by atoms with Crippen LogP contribution in [0.5, 0.6) is 0 Å². The van der Waals surface area contributed by atoms with E-state index in [1.165, 1.54) is 18.2 Å². The standard InChI is InChI=1S/C17H17N3O7/c21-14-7-12(11-6-10(20(25)26)3-4-13(11)18-14)16(22)19-15(17(23)24)9-2-1-5-27-8-9/h3-4,6-7,9,15H,1-2,5,8H2,(H,18,21)(H,19,22)(H,23,24). The van der Waals surface area contributed by atoms with Gasteiger partial charge >= 0.3 is 5.97 Å². The van der Waals surface area contributed by atoms with Crippen LogP contribution in [0.3, 0.4) is 0 Å². The first-order valence-corrected chi connectivity index (χ1v) is 8.29. The maximum atomic E-state index is 12.7. The number of hydrogen-bond acceptors (Lipinski definition) is 6. The van der Waals surface area contributed by atoms with Crippen molar-refractivity contribution in [3.8, 4) is 0 Å². The third kappa shape index (κ3) is 3.95. The van der Waals surface area contributed by atoms with Crippen molar-refractivity contribution in [3.05, 3.63) is 50.3 Å². The number of carbonyl (C=O) groups is 2. The Morgan fingerprint density at radius 1 is 1.37 bits per heavy atom. The second-order valence-electron chi connectivity index (χ2n) is 6.30. The smallest absolute Gasteiger partial charge is 0.326 e. The summed E-state index contributed by atoms with van der Waals surface area (Å²) in [4.78, 5) is 49.1. The summed E-state index contributed by atoms with van der Waals surface area (Å²) in [5.41, 5.74) is -0.708. The lowest BCUT2D eigenvalue weighted by Crippen LogP contribution is -2.48. The van der Waals surface area contributed by atoms with Gasteiger partial charge in [-0.1, -0.05) is 0 Å². The Bertz CT molecular complexity index is 963. The van der Waals surface area contributed by atoms with Crippen LogP contribution in [0.15, 0.2) is 29.1 Å². The van der Waals surface area contributed by atoms with Gasteiger partial charge in [0.25, 0.3) is 11.6 Å². The number of hydrogen-bond donors (Lipinski definition) is 3. The minimum absolute atomic E-state index is 0.125. The van der Waals surface area contributed by atoms with Gasteiger partial charge in [-0.25, -0.2) is 4.79 Å². The molecule has 0 spiro atoms. The summed E-state index contributed by atoms with van der Waals surface area (Å²) in [6.45, 7) is 0.748. The van der Waals surface area contributed by atoms with E-state index in [0.717, 1.165) is 6.07 Å². The third-order valence-corrected chi connectivity index (χ3v) is 4.50. The van der Waals surface area contributed by atoms with Crippen molar-refractivity contribution >= 4 is 28.5 Å². The number of amides is 1. The van der Waals surface area contributed by atoms with Crippen molar-refractivity contribution in [2.45, 2.75) is 18.9 Å². The third-order valence-electron chi connectivity index (χ3n) is 4.50. The number of pyridine rings is 1. The average molecular weight is 375 g/mol. The van der Waals surface area contributed by atoms with Crippen molar-refractivity contribution in [1.29, 1.82) is 0 Å². The molecular weight excluding hydrogens is 358 g/mol. The number of nitrogens with one attached hydrogen (secondary N) is 2. The quantitative estimate of drug-likeness (QED) is 0.521.